The van der Waals surface area contributed by atoms with Gasteiger partial charge in [-0.05, 0) is 30.5 Å². The van der Waals surface area contributed by atoms with Gasteiger partial charge in [0.25, 0.3) is 5.79 Å². The summed E-state index contributed by atoms with van der Waals surface area (Å²) in [6.07, 6.45) is 13.0. The number of rotatable bonds is 11. The first-order chi connectivity index (χ1) is 13.4. The van der Waals surface area contributed by atoms with Crippen molar-refractivity contribution in [2.45, 2.75) is 84.3 Å². The molecule has 154 valence electrons. The van der Waals surface area contributed by atoms with Gasteiger partial charge in [0.05, 0.1) is 0 Å². The van der Waals surface area contributed by atoms with Gasteiger partial charge >= 0.3 is 11.9 Å². The summed E-state index contributed by atoms with van der Waals surface area (Å²) in [5, 5.41) is 2.97. The fourth-order valence-corrected chi connectivity index (χ4v) is 3.16. The summed E-state index contributed by atoms with van der Waals surface area (Å²) in [6.45, 7) is 5.30. The van der Waals surface area contributed by atoms with Crippen molar-refractivity contribution in [1.82, 2.24) is 0 Å². The number of benzene rings is 1. The number of unbranched alkanes of at least 4 members (excludes halogenated alkanes) is 7. The fourth-order valence-electron chi connectivity index (χ4n) is 3.16. The molecule has 1 N–H and O–H groups in total. The van der Waals surface area contributed by atoms with E-state index in [1.807, 2.05) is 12.1 Å². The minimum atomic E-state index is -1.22. The lowest BCUT2D eigenvalue weighted by atomic mass is 10.0. The SMILES string of the molecule is CCCCCCCCCCc1ccc(NC=C2C(=O)OC(C)(C)OC2=O)cc1. The number of ether oxygens (including phenoxy) is 2. The Morgan fingerprint density at radius 1 is 0.857 bits per heavy atom. The molecule has 2 rings (SSSR count). The van der Waals surface area contributed by atoms with Crippen molar-refractivity contribution in [3.05, 3.63) is 41.6 Å². The maximum absolute atomic E-state index is 11.9. The van der Waals surface area contributed by atoms with E-state index in [1.54, 1.807) is 0 Å². The van der Waals surface area contributed by atoms with Crippen LogP contribution in [0.2, 0.25) is 0 Å². The normalized spacial score (nSPS) is 15.8. The van der Waals surface area contributed by atoms with E-state index in [4.69, 9.17) is 9.47 Å². The average molecular weight is 388 g/mol. The van der Waals surface area contributed by atoms with Crippen LogP contribution in [0, 0.1) is 0 Å². The van der Waals surface area contributed by atoms with Crippen LogP contribution < -0.4 is 5.32 Å². The summed E-state index contributed by atoms with van der Waals surface area (Å²) < 4.78 is 10.1. The highest BCUT2D eigenvalue weighted by Gasteiger charge is 2.38. The number of esters is 2. The lowest BCUT2D eigenvalue weighted by Crippen LogP contribution is -2.42. The molecule has 0 aliphatic carbocycles. The molecule has 1 fully saturated rings. The maximum Gasteiger partial charge on any atom is 0.350 e. The molecule has 28 heavy (non-hydrogen) atoms. The molecule has 1 aliphatic heterocycles. The largest absolute Gasteiger partial charge is 0.419 e. The maximum atomic E-state index is 11.9. The van der Waals surface area contributed by atoms with E-state index in [1.165, 1.54) is 77.0 Å². The van der Waals surface area contributed by atoms with Gasteiger partial charge in [-0.25, -0.2) is 9.59 Å². The van der Waals surface area contributed by atoms with Crippen molar-refractivity contribution in [1.29, 1.82) is 0 Å². The van der Waals surface area contributed by atoms with Crippen molar-refractivity contribution < 1.29 is 19.1 Å². The van der Waals surface area contributed by atoms with Crippen LogP contribution in [0.15, 0.2) is 36.0 Å². The molecule has 0 unspecified atom stereocenters. The van der Waals surface area contributed by atoms with Crippen LogP contribution in [0.4, 0.5) is 5.69 Å². The van der Waals surface area contributed by atoms with E-state index in [2.05, 4.69) is 24.4 Å². The topological polar surface area (TPSA) is 64.6 Å². The van der Waals surface area contributed by atoms with E-state index in [-0.39, 0.29) is 5.57 Å². The molecular formula is C23H33NO4. The molecule has 5 nitrogen and oxygen atoms in total. The Morgan fingerprint density at radius 2 is 1.39 bits per heavy atom. The van der Waals surface area contributed by atoms with Gasteiger partial charge in [0, 0.05) is 25.7 Å². The Labute approximate surface area is 168 Å². The Kier molecular flexibility index (Phi) is 8.55. The van der Waals surface area contributed by atoms with Crippen molar-refractivity contribution in [2.75, 3.05) is 5.32 Å². The average Bonchev–Trinajstić information content (AvgIpc) is 2.63. The lowest BCUT2D eigenvalue weighted by molar-refractivity contribution is -0.222. The Bertz CT molecular complexity index is 654. The van der Waals surface area contributed by atoms with E-state index in [9.17, 15) is 9.59 Å². The highest BCUT2D eigenvalue weighted by atomic mass is 16.7. The van der Waals surface area contributed by atoms with Crippen LogP contribution in [0.3, 0.4) is 0 Å². The second-order valence-corrected chi connectivity index (χ2v) is 7.80. The molecule has 0 amide bonds. The van der Waals surface area contributed by atoms with Crippen molar-refractivity contribution >= 4 is 17.6 Å². The van der Waals surface area contributed by atoms with Gasteiger partial charge in [0.2, 0.25) is 0 Å². The molecular weight excluding hydrogens is 354 g/mol. The number of anilines is 1. The van der Waals surface area contributed by atoms with Crippen LogP contribution in [0.1, 0.15) is 77.7 Å². The molecule has 1 saturated heterocycles. The zero-order valence-electron chi connectivity index (χ0n) is 17.4. The van der Waals surface area contributed by atoms with Crippen LogP contribution in [-0.4, -0.2) is 17.7 Å². The minimum Gasteiger partial charge on any atom is -0.419 e. The van der Waals surface area contributed by atoms with Gasteiger partial charge < -0.3 is 14.8 Å². The number of hydrogen-bond donors (Lipinski definition) is 1. The summed E-state index contributed by atoms with van der Waals surface area (Å²) in [5.41, 5.74) is 1.96. The smallest absolute Gasteiger partial charge is 0.350 e. The highest BCUT2D eigenvalue weighted by Crippen LogP contribution is 2.23. The van der Waals surface area contributed by atoms with Crippen LogP contribution >= 0.6 is 0 Å². The minimum absolute atomic E-state index is 0.137. The number of carbonyl (C=O) groups excluding carboxylic acids is 2. The third kappa shape index (κ3) is 7.37. The molecule has 0 radical (unpaired) electrons. The number of cyclic esters (lactones) is 2. The molecule has 0 atom stereocenters. The summed E-state index contributed by atoms with van der Waals surface area (Å²) in [7, 11) is 0. The molecule has 0 bridgehead atoms. The van der Waals surface area contributed by atoms with Gasteiger partial charge in [-0.3, -0.25) is 0 Å². The van der Waals surface area contributed by atoms with Gasteiger partial charge in [-0.15, -0.1) is 0 Å². The molecule has 5 heteroatoms. The summed E-state index contributed by atoms with van der Waals surface area (Å²) in [5.74, 6) is -2.58. The molecule has 1 aliphatic rings. The quantitative estimate of drug-likeness (QED) is 0.235. The Hall–Kier alpha value is -2.30. The number of hydrogen-bond acceptors (Lipinski definition) is 5. The standard InChI is InChI=1S/C23H33NO4/c1-4-5-6-7-8-9-10-11-12-18-13-15-19(16-14-18)24-17-20-21(25)27-23(2,3)28-22(20)26/h13-17,24H,4-12H2,1-3H3. The lowest BCUT2D eigenvalue weighted by Gasteiger charge is -2.29. The van der Waals surface area contributed by atoms with E-state index < -0.39 is 17.7 Å². The van der Waals surface area contributed by atoms with Gasteiger partial charge in [0.15, 0.2) is 5.57 Å². The predicted octanol–water partition coefficient (Wildman–Crippen LogP) is 5.50. The van der Waals surface area contributed by atoms with Gasteiger partial charge in [-0.1, -0.05) is 64.0 Å². The number of aryl methyl sites for hydroxylation is 1. The number of nitrogens with one attached hydrogen (secondary N) is 1. The zero-order chi connectivity index (χ0) is 20.4. The predicted molar refractivity (Wildman–Crippen MR) is 111 cm³/mol. The molecule has 0 saturated carbocycles. The summed E-state index contributed by atoms with van der Waals surface area (Å²) in [4.78, 5) is 23.8. The van der Waals surface area contributed by atoms with Crippen molar-refractivity contribution in [2.24, 2.45) is 0 Å². The number of carbonyl (C=O) groups is 2. The first-order valence-corrected chi connectivity index (χ1v) is 10.4. The molecule has 0 spiro atoms. The molecule has 0 aromatic heterocycles. The van der Waals surface area contributed by atoms with Crippen LogP contribution in [0.25, 0.3) is 0 Å². The Morgan fingerprint density at radius 3 is 1.96 bits per heavy atom. The highest BCUT2D eigenvalue weighted by molar-refractivity contribution is 6.15. The molecule has 1 aromatic rings. The molecule has 1 heterocycles. The first kappa shape index (κ1) is 22.0. The van der Waals surface area contributed by atoms with E-state index in [0.717, 1.165) is 12.1 Å². The van der Waals surface area contributed by atoms with Crippen molar-refractivity contribution in [3.63, 3.8) is 0 Å². The third-order valence-corrected chi connectivity index (χ3v) is 4.77. The monoisotopic (exact) mass is 387 g/mol. The molecule has 1 aromatic carbocycles. The third-order valence-electron chi connectivity index (χ3n) is 4.77. The zero-order valence-corrected chi connectivity index (χ0v) is 17.4. The van der Waals surface area contributed by atoms with E-state index in [0.29, 0.717) is 0 Å². The first-order valence-electron chi connectivity index (χ1n) is 10.4. The van der Waals surface area contributed by atoms with Crippen LogP contribution in [0.5, 0.6) is 0 Å². The Balaban J connectivity index is 1.72. The fraction of sp³-hybridized carbons (Fsp3) is 0.565. The van der Waals surface area contributed by atoms with E-state index >= 15 is 0 Å². The van der Waals surface area contributed by atoms with Crippen molar-refractivity contribution in [3.8, 4) is 0 Å². The summed E-state index contributed by atoms with van der Waals surface area (Å²) >= 11 is 0. The summed E-state index contributed by atoms with van der Waals surface area (Å²) in [6, 6.07) is 8.03. The second kappa shape index (κ2) is 10.9. The van der Waals surface area contributed by atoms with Gasteiger partial charge in [-0.2, -0.15) is 0 Å². The van der Waals surface area contributed by atoms with Crippen LogP contribution in [-0.2, 0) is 25.5 Å². The van der Waals surface area contributed by atoms with Gasteiger partial charge in [0.1, 0.15) is 0 Å². The second-order valence-electron chi connectivity index (χ2n) is 7.80.